The van der Waals surface area contributed by atoms with Gasteiger partial charge in [0.2, 0.25) is 0 Å². The van der Waals surface area contributed by atoms with Gasteiger partial charge >= 0.3 is 0 Å². The van der Waals surface area contributed by atoms with Crippen LogP contribution >= 0.6 is 0 Å². The molecule has 2 rings (SSSR count). The van der Waals surface area contributed by atoms with Crippen molar-refractivity contribution in [2.24, 2.45) is 5.92 Å². The predicted molar refractivity (Wildman–Crippen MR) is 54.6 cm³/mol. The summed E-state index contributed by atoms with van der Waals surface area (Å²) in [6.45, 7) is 0. The molecule has 1 aliphatic carbocycles. The van der Waals surface area contributed by atoms with Crippen molar-refractivity contribution in [1.29, 1.82) is 0 Å². The van der Waals surface area contributed by atoms with Crippen LogP contribution in [0, 0.1) is 5.92 Å². The summed E-state index contributed by atoms with van der Waals surface area (Å²) in [4.78, 5) is 10.4. The summed E-state index contributed by atoms with van der Waals surface area (Å²) in [6, 6.07) is 6.13. The molecule has 74 valence electrons. The van der Waals surface area contributed by atoms with Crippen LogP contribution in [0.4, 0.5) is 0 Å². The van der Waals surface area contributed by atoms with Crippen molar-refractivity contribution in [3.63, 3.8) is 0 Å². The molecule has 0 aromatic heterocycles. The molecule has 0 amide bonds. The topological polar surface area (TPSA) is 26.3 Å². The van der Waals surface area contributed by atoms with Crippen molar-refractivity contribution in [2.45, 2.75) is 19.3 Å². The fraction of sp³-hybridized carbons (Fsp3) is 0.417. The van der Waals surface area contributed by atoms with Gasteiger partial charge in [0.15, 0.2) is 0 Å². The van der Waals surface area contributed by atoms with Crippen molar-refractivity contribution in [1.82, 2.24) is 0 Å². The molecular weight excluding hydrogens is 176 g/mol. The molecule has 14 heavy (non-hydrogen) atoms. The number of aldehydes is 1. The molecule has 0 heterocycles. The standard InChI is InChI=1S/C12H14O2/c1-14-12-4-2-3-10-7-9(5-6-13)8-11(10)12/h2-4,6,9H,5,7-8H2,1H3. The smallest absolute Gasteiger partial charge is 0.122 e. The van der Waals surface area contributed by atoms with Crippen molar-refractivity contribution in [3.05, 3.63) is 29.3 Å². The number of ether oxygens (including phenoxy) is 1. The van der Waals surface area contributed by atoms with Crippen LogP contribution in [0.3, 0.4) is 0 Å². The summed E-state index contributed by atoms with van der Waals surface area (Å²) in [6.07, 6.45) is 3.68. The molecule has 0 aliphatic heterocycles. The van der Waals surface area contributed by atoms with E-state index in [2.05, 4.69) is 6.07 Å². The maximum absolute atomic E-state index is 10.4. The third-order valence-electron chi connectivity index (χ3n) is 2.88. The van der Waals surface area contributed by atoms with Gasteiger partial charge < -0.3 is 9.53 Å². The Morgan fingerprint density at radius 3 is 3.07 bits per heavy atom. The zero-order valence-electron chi connectivity index (χ0n) is 8.32. The summed E-state index contributed by atoms with van der Waals surface area (Å²) in [5, 5.41) is 0. The first-order chi connectivity index (χ1) is 6.85. The summed E-state index contributed by atoms with van der Waals surface area (Å²) in [5.41, 5.74) is 2.64. The molecule has 2 nitrogen and oxygen atoms in total. The number of hydrogen-bond acceptors (Lipinski definition) is 2. The van der Waals surface area contributed by atoms with Gasteiger partial charge in [0.1, 0.15) is 12.0 Å². The molecule has 1 atom stereocenters. The second kappa shape index (κ2) is 3.82. The lowest BCUT2D eigenvalue weighted by atomic mass is 10.0. The zero-order valence-corrected chi connectivity index (χ0v) is 8.32. The first kappa shape index (κ1) is 9.25. The van der Waals surface area contributed by atoms with Crippen molar-refractivity contribution < 1.29 is 9.53 Å². The lowest BCUT2D eigenvalue weighted by Gasteiger charge is -2.05. The van der Waals surface area contributed by atoms with Crippen LogP contribution in [-0.4, -0.2) is 13.4 Å². The average Bonchev–Trinajstić information content (AvgIpc) is 2.60. The summed E-state index contributed by atoms with van der Waals surface area (Å²) in [7, 11) is 1.70. The third kappa shape index (κ3) is 1.52. The molecule has 1 aromatic carbocycles. The number of rotatable bonds is 3. The van der Waals surface area contributed by atoms with E-state index in [1.807, 2.05) is 12.1 Å². The predicted octanol–water partition coefficient (Wildman–Crippen LogP) is 2.00. The molecule has 0 bridgehead atoms. The van der Waals surface area contributed by atoms with E-state index in [0.717, 1.165) is 24.9 Å². The van der Waals surface area contributed by atoms with Crippen LogP contribution in [0.15, 0.2) is 18.2 Å². The molecule has 0 N–H and O–H groups in total. The minimum absolute atomic E-state index is 0.485. The summed E-state index contributed by atoms with van der Waals surface area (Å²) >= 11 is 0. The third-order valence-corrected chi connectivity index (χ3v) is 2.88. The molecule has 0 saturated heterocycles. The Morgan fingerprint density at radius 1 is 1.50 bits per heavy atom. The SMILES string of the molecule is COc1cccc2c1CC(CC=O)C2. The molecule has 0 radical (unpaired) electrons. The molecule has 0 spiro atoms. The van der Waals surface area contributed by atoms with Gasteiger partial charge in [0, 0.05) is 6.42 Å². The Morgan fingerprint density at radius 2 is 2.36 bits per heavy atom. The highest BCUT2D eigenvalue weighted by molar-refractivity contribution is 5.52. The second-order valence-corrected chi connectivity index (χ2v) is 3.77. The number of benzene rings is 1. The minimum atomic E-state index is 0.485. The van der Waals surface area contributed by atoms with Crippen LogP contribution < -0.4 is 4.74 Å². The maximum Gasteiger partial charge on any atom is 0.122 e. The normalized spacial score (nSPS) is 19.1. The Bertz CT molecular complexity index is 344. The Kier molecular flexibility index (Phi) is 2.53. The molecule has 0 saturated carbocycles. The van der Waals surface area contributed by atoms with E-state index in [-0.39, 0.29) is 0 Å². The highest BCUT2D eigenvalue weighted by Crippen LogP contribution is 2.34. The van der Waals surface area contributed by atoms with Crippen LogP contribution in [0.1, 0.15) is 17.5 Å². The zero-order chi connectivity index (χ0) is 9.97. The number of methoxy groups -OCH3 is 1. The maximum atomic E-state index is 10.4. The lowest BCUT2D eigenvalue weighted by Crippen LogP contribution is -1.99. The Hall–Kier alpha value is -1.31. The van der Waals surface area contributed by atoms with Gasteiger partial charge in [-0.1, -0.05) is 12.1 Å². The molecular formula is C12H14O2. The van der Waals surface area contributed by atoms with Gasteiger partial charge in [-0.05, 0) is 36.0 Å². The van der Waals surface area contributed by atoms with E-state index in [0.29, 0.717) is 12.3 Å². The Balaban J connectivity index is 2.25. The number of carbonyl (C=O) groups excluding carboxylic acids is 1. The quantitative estimate of drug-likeness (QED) is 0.681. The van der Waals surface area contributed by atoms with Gasteiger partial charge in [-0.25, -0.2) is 0 Å². The fourth-order valence-corrected chi connectivity index (χ4v) is 2.20. The van der Waals surface area contributed by atoms with Gasteiger partial charge in [0.05, 0.1) is 7.11 Å². The molecule has 1 aromatic rings. The lowest BCUT2D eigenvalue weighted by molar-refractivity contribution is -0.108. The molecule has 0 fully saturated rings. The first-order valence-corrected chi connectivity index (χ1v) is 4.93. The van der Waals surface area contributed by atoms with E-state index in [1.54, 1.807) is 7.11 Å². The molecule has 2 heteroatoms. The molecule has 1 unspecified atom stereocenters. The van der Waals surface area contributed by atoms with E-state index in [4.69, 9.17) is 4.74 Å². The highest BCUT2D eigenvalue weighted by atomic mass is 16.5. The largest absolute Gasteiger partial charge is 0.496 e. The number of fused-ring (bicyclic) bond motifs is 1. The highest BCUT2D eigenvalue weighted by Gasteiger charge is 2.23. The average molecular weight is 190 g/mol. The van der Waals surface area contributed by atoms with Crippen molar-refractivity contribution in [2.75, 3.05) is 7.11 Å². The van der Waals surface area contributed by atoms with Crippen LogP contribution in [-0.2, 0) is 17.6 Å². The van der Waals surface area contributed by atoms with Gasteiger partial charge in [-0.2, -0.15) is 0 Å². The van der Waals surface area contributed by atoms with Crippen molar-refractivity contribution in [3.8, 4) is 5.75 Å². The van der Waals surface area contributed by atoms with Crippen LogP contribution in [0.2, 0.25) is 0 Å². The number of hydrogen-bond donors (Lipinski definition) is 0. The van der Waals surface area contributed by atoms with E-state index in [1.165, 1.54) is 11.1 Å². The number of carbonyl (C=O) groups is 1. The van der Waals surface area contributed by atoms with Crippen molar-refractivity contribution >= 4 is 6.29 Å². The van der Waals surface area contributed by atoms with Crippen LogP contribution in [0.5, 0.6) is 5.75 Å². The van der Waals surface area contributed by atoms with Crippen LogP contribution in [0.25, 0.3) is 0 Å². The first-order valence-electron chi connectivity index (χ1n) is 4.93. The molecule has 1 aliphatic rings. The summed E-state index contributed by atoms with van der Waals surface area (Å²) in [5.74, 6) is 1.45. The fourth-order valence-electron chi connectivity index (χ4n) is 2.20. The van der Waals surface area contributed by atoms with Gasteiger partial charge in [-0.3, -0.25) is 0 Å². The monoisotopic (exact) mass is 190 g/mol. The van der Waals surface area contributed by atoms with Gasteiger partial charge in [0.25, 0.3) is 0 Å². The second-order valence-electron chi connectivity index (χ2n) is 3.77. The Labute approximate surface area is 83.9 Å². The van der Waals surface area contributed by atoms with Gasteiger partial charge in [-0.15, -0.1) is 0 Å². The summed E-state index contributed by atoms with van der Waals surface area (Å²) < 4.78 is 5.30. The van der Waals surface area contributed by atoms with E-state index >= 15 is 0 Å². The van der Waals surface area contributed by atoms with E-state index < -0.39 is 0 Å². The van der Waals surface area contributed by atoms with E-state index in [9.17, 15) is 4.79 Å². The minimum Gasteiger partial charge on any atom is -0.496 e.